The zero-order valence-electron chi connectivity index (χ0n) is 18.0. The van der Waals surface area contributed by atoms with E-state index in [4.69, 9.17) is 14.6 Å². The van der Waals surface area contributed by atoms with Crippen molar-refractivity contribution >= 4 is 5.97 Å². The number of nitrogens with one attached hydrogen (secondary N) is 1. The van der Waals surface area contributed by atoms with Gasteiger partial charge in [0.25, 0.3) is 0 Å². The second kappa shape index (κ2) is 9.82. The van der Waals surface area contributed by atoms with Crippen LogP contribution in [0.5, 0.6) is 11.5 Å². The Morgan fingerprint density at radius 2 is 1.75 bits per heavy atom. The number of hydrogen-bond acceptors (Lipinski definition) is 5. The Labute approximate surface area is 185 Å². The fourth-order valence-corrected chi connectivity index (χ4v) is 3.22. The van der Waals surface area contributed by atoms with Crippen molar-refractivity contribution in [3.8, 4) is 28.6 Å². The number of carboxylic acids is 1. The topological polar surface area (TPSA) is 106 Å². The van der Waals surface area contributed by atoms with Gasteiger partial charge in [0, 0.05) is 6.07 Å². The molecular formula is C24H25N3O5. The number of aromatic amines is 1. The van der Waals surface area contributed by atoms with E-state index in [1.54, 1.807) is 30.4 Å². The third kappa shape index (κ3) is 4.64. The number of ether oxygens (including phenoxy) is 2. The molecule has 2 aromatic carbocycles. The summed E-state index contributed by atoms with van der Waals surface area (Å²) in [7, 11) is 0. The fraction of sp³-hybridized carbons (Fsp3) is 0.208. The quantitative estimate of drug-likeness (QED) is 0.463. The van der Waals surface area contributed by atoms with E-state index in [1.807, 2.05) is 19.9 Å². The van der Waals surface area contributed by atoms with Crippen LogP contribution >= 0.6 is 0 Å². The van der Waals surface area contributed by atoms with Gasteiger partial charge >= 0.3 is 11.7 Å². The first-order valence-corrected chi connectivity index (χ1v) is 10.0. The number of rotatable bonds is 10. The molecule has 0 aliphatic heterocycles. The van der Waals surface area contributed by atoms with Gasteiger partial charge in [-0.25, -0.2) is 19.3 Å². The monoisotopic (exact) mass is 435 g/mol. The van der Waals surface area contributed by atoms with Crippen LogP contribution in [-0.2, 0) is 0 Å². The van der Waals surface area contributed by atoms with Gasteiger partial charge in [-0.2, -0.15) is 5.10 Å². The predicted octanol–water partition coefficient (Wildman–Crippen LogP) is 4.18. The number of nitrogens with zero attached hydrogens (tertiary/aromatic N) is 2. The molecule has 1 heterocycles. The van der Waals surface area contributed by atoms with E-state index >= 15 is 0 Å². The van der Waals surface area contributed by atoms with Crippen LogP contribution in [0.3, 0.4) is 0 Å². The maximum absolute atomic E-state index is 12.6. The molecule has 0 bridgehead atoms. The molecule has 166 valence electrons. The van der Waals surface area contributed by atoms with Crippen molar-refractivity contribution in [2.45, 2.75) is 19.8 Å². The lowest BCUT2D eigenvalue weighted by Crippen LogP contribution is -2.16. The van der Waals surface area contributed by atoms with Crippen LogP contribution in [0.15, 0.2) is 66.5 Å². The molecule has 3 aromatic rings. The van der Waals surface area contributed by atoms with Crippen LogP contribution in [0.2, 0.25) is 0 Å². The molecule has 32 heavy (non-hydrogen) atoms. The smallest absolute Gasteiger partial charge is 0.348 e. The summed E-state index contributed by atoms with van der Waals surface area (Å²) in [6, 6.07) is 9.63. The Hall–Kier alpha value is -4.07. The van der Waals surface area contributed by atoms with Gasteiger partial charge in [-0.1, -0.05) is 39.2 Å². The number of aromatic nitrogens is 3. The third-order valence-electron chi connectivity index (χ3n) is 4.73. The lowest BCUT2D eigenvalue weighted by Gasteiger charge is -2.18. The minimum absolute atomic E-state index is 0.118. The highest BCUT2D eigenvalue weighted by atomic mass is 16.5. The molecule has 0 amide bonds. The zero-order valence-corrected chi connectivity index (χ0v) is 18.0. The molecule has 0 radical (unpaired) electrons. The third-order valence-corrected chi connectivity index (χ3v) is 4.73. The highest BCUT2D eigenvalue weighted by molar-refractivity contribution is 5.87. The van der Waals surface area contributed by atoms with E-state index in [2.05, 4.69) is 23.4 Å². The summed E-state index contributed by atoms with van der Waals surface area (Å²) >= 11 is 0. The van der Waals surface area contributed by atoms with Crippen LogP contribution < -0.4 is 15.2 Å². The van der Waals surface area contributed by atoms with Gasteiger partial charge in [-0.3, -0.25) is 0 Å². The Morgan fingerprint density at radius 3 is 2.31 bits per heavy atom. The number of H-pyrrole nitrogens is 1. The van der Waals surface area contributed by atoms with Gasteiger partial charge < -0.3 is 14.6 Å². The van der Waals surface area contributed by atoms with Crippen molar-refractivity contribution in [3.63, 3.8) is 0 Å². The van der Waals surface area contributed by atoms with E-state index in [1.165, 1.54) is 16.7 Å². The van der Waals surface area contributed by atoms with Gasteiger partial charge in [0.05, 0.1) is 16.8 Å². The fourth-order valence-electron chi connectivity index (χ4n) is 3.22. The summed E-state index contributed by atoms with van der Waals surface area (Å²) in [6.45, 7) is 12.0. The summed E-state index contributed by atoms with van der Waals surface area (Å²) in [5.74, 6) is 0.520. The number of hydrogen-bond donors (Lipinski definition) is 2. The molecule has 1 aromatic heterocycles. The van der Waals surface area contributed by atoms with Gasteiger partial charge in [0.15, 0.2) is 5.82 Å². The van der Waals surface area contributed by atoms with Crippen LogP contribution in [0.1, 0.15) is 35.7 Å². The molecule has 0 spiro atoms. The van der Waals surface area contributed by atoms with Crippen molar-refractivity contribution in [1.82, 2.24) is 14.8 Å². The van der Waals surface area contributed by atoms with Gasteiger partial charge in [-0.15, -0.1) is 0 Å². The first-order chi connectivity index (χ1) is 15.4. The summed E-state index contributed by atoms with van der Waals surface area (Å²) in [5.41, 5.74) is 1.62. The molecule has 0 saturated carbocycles. The molecule has 0 fully saturated rings. The highest BCUT2D eigenvalue weighted by Crippen LogP contribution is 2.39. The summed E-state index contributed by atoms with van der Waals surface area (Å²) in [6.07, 6.45) is 3.28. The van der Waals surface area contributed by atoms with E-state index in [9.17, 15) is 9.59 Å². The number of benzene rings is 2. The van der Waals surface area contributed by atoms with Crippen molar-refractivity contribution in [1.29, 1.82) is 0 Å². The zero-order chi connectivity index (χ0) is 23.3. The van der Waals surface area contributed by atoms with E-state index in [0.717, 1.165) is 5.56 Å². The second-order valence-electron chi connectivity index (χ2n) is 7.28. The Bertz CT molecular complexity index is 1190. The van der Waals surface area contributed by atoms with Crippen LogP contribution in [0, 0.1) is 0 Å². The maximum Gasteiger partial charge on any atom is 0.348 e. The molecule has 0 saturated heterocycles. The summed E-state index contributed by atoms with van der Waals surface area (Å²) in [5, 5.41) is 15.9. The number of carboxylic acid groups (broad SMARTS) is 1. The summed E-state index contributed by atoms with van der Waals surface area (Å²) < 4.78 is 13.1. The Morgan fingerprint density at radius 1 is 1.12 bits per heavy atom. The van der Waals surface area contributed by atoms with Gasteiger partial charge in [0.2, 0.25) is 0 Å². The molecule has 0 atom stereocenters. The Kier molecular flexibility index (Phi) is 6.94. The van der Waals surface area contributed by atoms with E-state index in [-0.39, 0.29) is 18.1 Å². The molecular weight excluding hydrogens is 410 g/mol. The van der Waals surface area contributed by atoms with E-state index < -0.39 is 11.7 Å². The van der Waals surface area contributed by atoms with Crippen LogP contribution in [0.25, 0.3) is 17.1 Å². The van der Waals surface area contributed by atoms with Crippen LogP contribution in [0.4, 0.5) is 0 Å². The molecule has 0 aliphatic carbocycles. The summed E-state index contributed by atoms with van der Waals surface area (Å²) in [4.78, 5) is 23.8. The predicted molar refractivity (Wildman–Crippen MR) is 122 cm³/mol. The van der Waals surface area contributed by atoms with Gasteiger partial charge in [-0.05, 0) is 41.8 Å². The van der Waals surface area contributed by atoms with Crippen molar-refractivity contribution in [3.05, 3.63) is 83.3 Å². The normalized spacial score (nSPS) is 10.7. The minimum Gasteiger partial charge on any atom is -0.489 e. The molecule has 8 nitrogen and oxygen atoms in total. The maximum atomic E-state index is 12.6. The van der Waals surface area contributed by atoms with Crippen molar-refractivity contribution in [2.75, 3.05) is 13.2 Å². The van der Waals surface area contributed by atoms with Crippen LogP contribution in [-0.4, -0.2) is 39.1 Å². The van der Waals surface area contributed by atoms with Gasteiger partial charge in [0.1, 0.15) is 24.7 Å². The lowest BCUT2D eigenvalue weighted by atomic mass is 9.98. The van der Waals surface area contributed by atoms with Crippen molar-refractivity contribution < 1.29 is 19.4 Å². The molecule has 0 unspecified atom stereocenters. The second-order valence-corrected chi connectivity index (χ2v) is 7.28. The average molecular weight is 435 g/mol. The lowest BCUT2D eigenvalue weighted by molar-refractivity contribution is 0.0697. The standard InChI is InChI=1S/C24H25N3O5/c1-5-11-31-20-14-21(32-12-6-2)19(13-18(20)15(3)4)22-25-26-24(30)27(22)17-9-7-16(8-10-17)23(28)29/h5-10,13-15H,1-2,11-12H2,3-4H3,(H,26,30)(H,28,29). The molecule has 3 rings (SSSR count). The number of carbonyl (C=O) groups is 1. The number of aromatic carboxylic acids is 1. The van der Waals surface area contributed by atoms with Crippen molar-refractivity contribution in [2.24, 2.45) is 0 Å². The molecule has 2 N–H and O–H groups in total. The first-order valence-electron chi connectivity index (χ1n) is 10.0. The minimum atomic E-state index is -1.05. The largest absolute Gasteiger partial charge is 0.489 e. The Balaban J connectivity index is 2.21. The highest BCUT2D eigenvalue weighted by Gasteiger charge is 2.21. The molecule has 0 aliphatic rings. The molecule has 8 heteroatoms. The first kappa shape index (κ1) is 22.6. The SMILES string of the molecule is C=CCOc1cc(OCC=C)c(C(C)C)cc1-c1n[nH]c(=O)n1-c1ccc(C(=O)O)cc1. The van der Waals surface area contributed by atoms with E-state index in [0.29, 0.717) is 35.2 Å². The average Bonchev–Trinajstić information content (AvgIpc) is 3.16.